The van der Waals surface area contributed by atoms with Crippen molar-refractivity contribution in [3.8, 4) is 5.75 Å². The fourth-order valence-electron chi connectivity index (χ4n) is 1.70. The molecular formula is C15H24ClNO2. The highest BCUT2D eigenvalue weighted by Gasteiger charge is 2.08. The Morgan fingerprint density at radius 3 is 2.74 bits per heavy atom. The number of hydrogen-bond acceptors (Lipinski definition) is 3. The summed E-state index contributed by atoms with van der Waals surface area (Å²) in [4.78, 5) is 0. The fraction of sp³-hybridized carbons (Fsp3) is 0.600. The molecule has 3 nitrogen and oxygen atoms in total. The van der Waals surface area contributed by atoms with Gasteiger partial charge < -0.3 is 14.8 Å². The molecule has 0 aliphatic rings. The van der Waals surface area contributed by atoms with Crippen LogP contribution in [-0.2, 0) is 11.3 Å². The zero-order valence-corrected chi connectivity index (χ0v) is 12.8. The zero-order valence-electron chi connectivity index (χ0n) is 12.0. The highest BCUT2D eigenvalue weighted by atomic mass is 35.5. The second-order valence-electron chi connectivity index (χ2n) is 4.80. The van der Waals surface area contributed by atoms with E-state index in [1.807, 2.05) is 25.1 Å². The van der Waals surface area contributed by atoms with E-state index in [4.69, 9.17) is 21.1 Å². The van der Waals surface area contributed by atoms with E-state index >= 15 is 0 Å². The van der Waals surface area contributed by atoms with Crippen LogP contribution in [0.5, 0.6) is 5.75 Å². The normalized spacial score (nSPS) is 11.0. The smallest absolute Gasteiger partial charge is 0.142 e. The van der Waals surface area contributed by atoms with Gasteiger partial charge in [0.15, 0.2) is 0 Å². The second-order valence-corrected chi connectivity index (χ2v) is 5.21. The van der Waals surface area contributed by atoms with Crippen LogP contribution >= 0.6 is 11.6 Å². The van der Waals surface area contributed by atoms with Crippen molar-refractivity contribution in [1.29, 1.82) is 0 Å². The van der Waals surface area contributed by atoms with Crippen molar-refractivity contribution in [3.63, 3.8) is 0 Å². The first-order chi connectivity index (χ1) is 9.15. The minimum Gasteiger partial charge on any atom is -0.489 e. The summed E-state index contributed by atoms with van der Waals surface area (Å²) in [7, 11) is 0. The van der Waals surface area contributed by atoms with Gasteiger partial charge in [-0.1, -0.05) is 37.6 Å². The van der Waals surface area contributed by atoms with E-state index in [9.17, 15) is 0 Å². The Bertz CT molecular complexity index is 369. The standard InChI is InChI=1S/C15H24ClNO2/c1-4-18-8-9-19-15-13(6-5-7-14(15)16)11-17-10-12(2)3/h5-7,12,17H,4,8-11H2,1-3H3. The molecule has 108 valence electrons. The molecule has 0 radical (unpaired) electrons. The van der Waals surface area contributed by atoms with Crippen molar-refractivity contribution in [2.24, 2.45) is 5.92 Å². The first-order valence-electron chi connectivity index (χ1n) is 6.83. The Labute approximate surface area is 121 Å². The molecule has 1 aromatic rings. The maximum absolute atomic E-state index is 6.19. The average Bonchev–Trinajstić information content (AvgIpc) is 2.36. The first kappa shape index (κ1) is 16.3. The van der Waals surface area contributed by atoms with E-state index in [0.29, 0.717) is 30.8 Å². The van der Waals surface area contributed by atoms with E-state index in [1.54, 1.807) is 0 Å². The van der Waals surface area contributed by atoms with Gasteiger partial charge in [-0.2, -0.15) is 0 Å². The Morgan fingerprint density at radius 2 is 2.05 bits per heavy atom. The summed E-state index contributed by atoms with van der Waals surface area (Å²) >= 11 is 6.19. The Hall–Kier alpha value is -0.770. The lowest BCUT2D eigenvalue weighted by molar-refractivity contribution is 0.110. The maximum Gasteiger partial charge on any atom is 0.142 e. The van der Waals surface area contributed by atoms with Crippen LogP contribution in [0.25, 0.3) is 0 Å². The molecule has 1 rings (SSSR count). The molecule has 0 aliphatic carbocycles. The molecule has 4 heteroatoms. The lowest BCUT2D eigenvalue weighted by atomic mass is 10.2. The van der Waals surface area contributed by atoms with E-state index in [-0.39, 0.29) is 0 Å². The molecule has 0 amide bonds. The van der Waals surface area contributed by atoms with Crippen molar-refractivity contribution in [1.82, 2.24) is 5.32 Å². The predicted octanol–water partition coefficient (Wildman–Crippen LogP) is 3.50. The van der Waals surface area contributed by atoms with Crippen molar-refractivity contribution in [3.05, 3.63) is 28.8 Å². The lowest BCUT2D eigenvalue weighted by Crippen LogP contribution is -2.19. The second kappa shape index (κ2) is 9.18. The Balaban J connectivity index is 2.56. The van der Waals surface area contributed by atoms with E-state index in [2.05, 4.69) is 19.2 Å². The molecule has 0 saturated heterocycles. The van der Waals surface area contributed by atoms with E-state index in [1.165, 1.54) is 0 Å². The Kier molecular flexibility index (Phi) is 7.87. The van der Waals surface area contributed by atoms with Gasteiger partial charge in [0.25, 0.3) is 0 Å². The molecule has 0 saturated carbocycles. The Morgan fingerprint density at radius 1 is 1.26 bits per heavy atom. The van der Waals surface area contributed by atoms with Crippen LogP contribution in [0, 0.1) is 5.92 Å². The van der Waals surface area contributed by atoms with Crippen LogP contribution in [0.4, 0.5) is 0 Å². The van der Waals surface area contributed by atoms with E-state index < -0.39 is 0 Å². The summed E-state index contributed by atoms with van der Waals surface area (Å²) in [6, 6.07) is 5.84. The number of benzene rings is 1. The summed E-state index contributed by atoms with van der Waals surface area (Å²) in [5.74, 6) is 1.39. The van der Waals surface area contributed by atoms with Gasteiger partial charge in [0.05, 0.1) is 11.6 Å². The number of nitrogens with one attached hydrogen (secondary N) is 1. The number of hydrogen-bond donors (Lipinski definition) is 1. The van der Waals surface area contributed by atoms with Gasteiger partial charge in [-0.05, 0) is 25.5 Å². The monoisotopic (exact) mass is 285 g/mol. The quantitative estimate of drug-likeness (QED) is 0.705. The van der Waals surface area contributed by atoms with Crippen LogP contribution in [0.1, 0.15) is 26.3 Å². The largest absolute Gasteiger partial charge is 0.489 e. The van der Waals surface area contributed by atoms with Crippen LogP contribution < -0.4 is 10.1 Å². The molecule has 0 fully saturated rings. The van der Waals surface area contributed by atoms with Crippen molar-refractivity contribution < 1.29 is 9.47 Å². The zero-order chi connectivity index (χ0) is 14.1. The van der Waals surface area contributed by atoms with Crippen molar-refractivity contribution in [2.45, 2.75) is 27.3 Å². The van der Waals surface area contributed by atoms with Crippen LogP contribution in [0.2, 0.25) is 5.02 Å². The van der Waals surface area contributed by atoms with Gasteiger partial charge in [-0.15, -0.1) is 0 Å². The van der Waals surface area contributed by atoms with Crippen molar-refractivity contribution >= 4 is 11.6 Å². The number of rotatable bonds is 9. The van der Waals surface area contributed by atoms with Crippen molar-refractivity contribution in [2.75, 3.05) is 26.4 Å². The molecule has 0 spiro atoms. The summed E-state index contributed by atoms with van der Waals surface area (Å²) < 4.78 is 11.0. The minimum absolute atomic E-state index is 0.523. The molecule has 0 bridgehead atoms. The number of halogens is 1. The SMILES string of the molecule is CCOCCOc1c(Cl)cccc1CNCC(C)C. The van der Waals surface area contributed by atoms with Gasteiger partial charge in [-0.3, -0.25) is 0 Å². The molecule has 0 heterocycles. The van der Waals surface area contributed by atoms with Crippen LogP contribution in [0.15, 0.2) is 18.2 Å². The highest BCUT2D eigenvalue weighted by molar-refractivity contribution is 6.32. The number of ether oxygens (including phenoxy) is 2. The molecule has 19 heavy (non-hydrogen) atoms. The molecule has 0 unspecified atom stereocenters. The van der Waals surface area contributed by atoms with E-state index in [0.717, 1.165) is 24.4 Å². The first-order valence-corrected chi connectivity index (χ1v) is 7.21. The predicted molar refractivity (Wildman–Crippen MR) is 80.0 cm³/mol. The molecule has 0 aliphatic heterocycles. The van der Waals surface area contributed by atoms with Gasteiger partial charge in [0.2, 0.25) is 0 Å². The average molecular weight is 286 g/mol. The lowest BCUT2D eigenvalue weighted by Gasteiger charge is -2.14. The molecule has 0 aromatic heterocycles. The molecule has 1 aromatic carbocycles. The van der Waals surface area contributed by atoms with Gasteiger partial charge in [0, 0.05) is 18.7 Å². The summed E-state index contributed by atoms with van der Waals surface area (Å²) in [6.07, 6.45) is 0. The fourth-order valence-corrected chi connectivity index (χ4v) is 1.95. The van der Waals surface area contributed by atoms with Gasteiger partial charge in [0.1, 0.15) is 12.4 Å². The molecular weight excluding hydrogens is 262 g/mol. The topological polar surface area (TPSA) is 30.5 Å². The summed E-state index contributed by atoms with van der Waals surface area (Å²) in [5, 5.41) is 4.05. The maximum atomic E-state index is 6.19. The van der Waals surface area contributed by atoms with Gasteiger partial charge in [-0.25, -0.2) is 0 Å². The third kappa shape index (κ3) is 6.28. The summed E-state index contributed by atoms with van der Waals surface area (Å²) in [6.45, 7) is 9.89. The van der Waals surface area contributed by atoms with Gasteiger partial charge >= 0.3 is 0 Å². The molecule has 1 N–H and O–H groups in total. The van der Waals surface area contributed by atoms with Crippen LogP contribution in [-0.4, -0.2) is 26.4 Å². The van der Waals surface area contributed by atoms with Crippen LogP contribution in [0.3, 0.4) is 0 Å². The molecule has 0 atom stereocenters. The third-order valence-electron chi connectivity index (χ3n) is 2.59. The number of para-hydroxylation sites is 1. The third-order valence-corrected chi connectivity index (χ3v) is 2.89. The minimum atomic E-state index is 0.523. The highest BCUT2D eigenvalue weighted by Crippen LogP contribution is 2.28. The summed E-state index contributed by atoms with van der Waals surface area (Å²) in [5.41, 5.74) is 1.09.